The zero-order valence-electron chi connectivity index (χ0n) is 6.43. The lowest BCUT2D eigenvalue weighted by Gasteiger charge is -2.37. The Bertz CT molecular complexity index is 142. The van der Waals surface area contributed by atoms with Crippen LogP contribution in [0.3, 0.4) is 0 Å². The van der Waals surface area contributed by atoms with E-state index in [9.17, 15) is 5.11 Å². The van der Waals surface area contributed by atoms with Crippen LogP contribution in [0.1, 0.15) is 19.8 Å². The Hall–Kier alpha value is -0.0800. The second-order valence-corrected chi connectivity index (χ2v) is 4.01. The highest BCUT2D eigenvalue weighted by molar-refractivity contribution is 4.98. The summed E-state index contributed by atoms with van der Waals surface area (Å²) in [5.74, 6) is 1.71. The molecule has 2 heteroatoms. The van der Waals surface area contributed by atoms with Crippen molar-refractivity contribution in [3.05, 3.63) is 0 Å². The van der Waals surface area contributed by atoms with Crippen LogP contribution in [0.25, 0.3) is 0 Å². The van der Waals surface area contributed by atoms with Gasteiger partial charge in [0.2, 0.25) is 0 Å². The Morgan fingerprint density at radius 1 is 1.60 bits per heavy atom. The molecule has 2 unspecified atom stereocenters. The van der Waals surface area contributed by atoms with Gasteiger partial charge < -0.3 is 10.4 Å². The maximum absolute atomic E-state index is 9.68. The molecular formula is C8H15NO. The topological polar surface area (TPSA) is 32.3 Å². The molecule has 0 amide bonds. The van der Waals surface area contributed by atoms with Gasteiger partial charge in [-0.2, -0.15) is 0 Å². The molecule has 2 atom stereocenters. The molecule has 0 bridgehead atoms. The largest absolute Gasteiger partial charge is 0.387 e. The predicted molar refractivity (Wildman–Crippen MR) is 39.7 cm³/mol. The van der Waals surface area contributed by atoms with Gasteiger partial charge in [-0.25, -0.2) is 0 Å². The van der Waals surface area contributed by atoms with E-state index in [2.05, 4.69) is 12.2 Å². The molecule has 0 aromatic heterocycles. The zero-order valence-corrected chi connectivity index (χ0v) is 6.43. The molecule has 0 radical (unpaired) electrons. The van der Waals surface area contributed by atoms with E-state index in [4.69, 9.17) is 0 Å². The Kier molecular flexibility index (Phi) is 1.29. The normalized spacial score (nSPS) is 42.6. The number of aliphatic hydroxyl groups is 1. The second-order valence-electron chi connectivity index (χ2n) is 4.01. The van der Waals surface area contributed by atoms with E-state index in [1.165, 1.54) is 6.42 Å². The smallest absolute Gasteiger partial charge is 0.0897 e. The molecule has 2 fully saturated rings. The van der Waals surface area contributed by atoms with E-state index < -0.39 is 0 Å². The van der Waals surface area contributed by atoms with Gasteiger partial charge in [-0.05, 0) is 24.7 Å². The van der Waals surface area contributed by atoms with Gasteiger partial charge in [-0.1, -0.05) is 6.92 Å². The molecule has 2 N–H and O–H groups in total. The molecule has 1 saturated carbocycles. The van der Waals surface area contributed by atoms with E-state index in [0.29, 0.717) is 0 Å². The summed E-state index contributed by atoms with van der Waals surface area (Å²) in [5.41, 5.74) is -0.324. The Morgan fingerprint density at radius 2 is 2.20 bits per heavy atom. The van der Waals surface area contributed by atoms with Crippen molar-refractivity contribution in [1.82, 2.24) is 5.32 Å². The first-order valence-corrected chi connectivity index (χ1v) is 4.13. The molecule has 2 aliphatic rings. The summed E-state index contributed by atoms with van der Waals surface area (Å²) < 4.78 is 0. The second kappa shape index (κ2) is 1.95. The third-order valence-electron chi connectivity index (χ3n) is 2.83. The van der Waals surface area contributed by atoms with E-state index in [1.807, 2.05) is 0 Å². The van der Waals surface area contributed by atoms with Crippen LogP contribution >= 0.6 is 0 Å². The number of hydrogen-bond donors (Lipinski definition) is 2. The zero-order chi connectivity index (χ0) is 7.19. The first-order valence-electron chi connectivity index (χ1n) is 4.13. The van der Waals surface area contributed by atoms with Crippen molar-refractivity contribution in [2.75, 3.05) is 13.1 Å². The fourth-order valence-corrected chi connectivity index (χ4v) is 1.73. The standard InChI is InChI=1S/C8H15NO/c1-6-2-7(6)3-8(10)4-9-5-8/h6-7,9-10H,2-5H2,1H3. The van der Waals surface area contributed by atoms with Crippen molar-refractivity contribution in [2.24, 2.45) is 11.8 Å². The Morgan fingerprint density at radius 3 is 2.50 bits per heavy atom. The van der Waals surface area contributed by atoms with Crippen LogP contribution in [0.2, 0.25) is 0 Å². The highest BCUT2D eigenvalue weighted by atomic mass is 16.3. The third-order valence-corrected chi connectivity index (χ3v) is 2.83. The first kappa shape index (κ1) is 6.62. The SMILES string of the molecule is CC1CC1CC1(O)CNC1. The molecule has 1 saturated heterocycles. The van der Waals surface area contributed by atoms with Crippen molar-refractivity contribution in [2.45, 2.75) is 25.4 Å². The monoisotopic (exact) mass is 141 g/mol. The number of β-amino-alcohol motifs (C(OH)–C–C–N with tert-alkyl or cyclic N) is 1. The molecule has 1 aliphatic carbocycles. The number of nitrogens with one attached hydrogen (secondary N) is 1. The molecule has 2 nitrogen and oxygen atoms in total. The van der Waals surface area contributed by atoms with Gasteiger partial charge in [-0.15, -0.1) is 0 Å². The first-order chi connectivity index (χ1) is 4.70. The summed E-state index contributed by atoms with van der Waals surface area (Å²) in [7, 11) is 0. The minimum Gasteiger partial charge on any atom is -0.387 e. The summed E-state index contributed by atoms with van der Waals surface area (Å²) in [5, 5.41) is 12.8. The van der Waals surface area contributed by atoms with Crippen molar-refractivity contribution in [3.8, 4) is 0 Å². The molecule has 1 heterocycles. The van der Waals surface area contributed by atoms with Gasteiger partial charge in [0.05, 0.1) is 5.60 Å². The van der Waals surface area contributed by atoms with Gasteiger partial charge in [-0.3, -0.25) is 0 Å². The molecule has 0 aromatic rings. The van der Waals surface area contributed by atoms with Gasteiger partial charge in [0.15, 0.2) is 0 Å². The summed E-state index contributed by atoms with van der Waals surface area (Å²) in [6, 6.07) is 0. The van der Waals surface area contributed by atoms with Gasteiger partial charge >= 0.3 is 0 Å². The van der Waals surface area contributed by atoms with E-state index in [-0.39, 0.29) is 5.60 Å². The van der Waals surface area contributed by atoms with Crippen molar-refractivity contribution in [3.63, 3.8) is 0 Å². The van der Waals surface area contributed by atoms with Crippen molar-refractivity contribution < 1.29 is 5.11 Å². The molecule has 0 aromatic carbocycles. The highest BCUT2D eigenvalue weighted by Crippen LogP contribution is 2.44. The molecule has 0 spiro atoms. The van der Waals surface area contributed by atoms with Gasteiger partial charge in [0, 0.05) is 13.1 Å². The lowest BCUT2D eigenvalue weighted by molar-refractivity contribution is -0.0227. The minimum absolute atomic E-state index is 0.324. The van der Waals surface area contributed by atoms with Crippen LogP contribution in [0.4, 0.5) is 0 Å². The van der Waals surface area contributed by atoms with E-state index in [1.54, 1.807) is 0 Å². The van der Waals surface area contributed by atoms with Crippen LogP contribution in [0, 0.1) is 11.8 Å². The molecular weight excluding hydrogens is 126 g/mol. The molecule has 2 rings (SSSR count). The quantitative estimate of drug-likeness (QED) is 0.582. The van der Waals surface area contributed by atoms with Crippen LogP contribution in [0.5, 0.6) is 0 Å². The van der Waals surface area contributed by atoms with Crippen LogP contribution in [-0.2, 0) is 0 Å². The predicted octanol–water partition coefficient (Wildman–Crippen LogP) is 0.367. The summed E-state index contributed by atoms with van der Waals surface area (Å²) in [4.78, 5) is 0. The molecule has 1 aliphatic heterocycles. The minimum atomic E-state index is -0.324. The third kappa shape index (κ3) is 1.06. The fraction of sp³-hybridized carbons (Fsp3) is 1.00. The summed E-state index contributed by atoms with van der Waals surface area (Å²) in [6.07, 6.45) is 2.36. The molecule has 10 heavy (non-hydrogen) atoms. The summed E-state index contributed by atoms with van der Waals surface area (Å²) >= 11 is 0. The Balaban J connectivity index is 1.79. The van der Waals surface area contributed by atoms with Crippen LogP contribution in [0.15, 0.2) is 0 Å². The van der Waals surface area contributed by atoms with Crippen molar-refractivity contribution >= 4 is 0 Å². The molecule has 58 valence electrons. The summed E-state index contributed by atoms with van der Waals surface area (Å²) in [6.45, 7) is 3.90. The number of hydrogen-bond acceptors (Lipinski definition) is 2. The highest BCUT2D eigenvalue weighted by Gasteiger charge is 2.43. The maximum atomic E-state index is 9.68. The fourth-order valence-electron chi connectivity index (χ4n) is 1.73. The average Bonchev–Trinajstić information content (AvgIpc) is 2.43. The number of rotatable bonds is 2. The average molecular weight is 141 g/mol. The lowest BCUT2D eigenvalue weighted by atomic mass is 9.90. The lowest BCUT2D eigenvalue weighted by Crippen LogP contribution is -2.59. The van der Waals surface area contributed by atoms with Gasteiger partial charge in [0.25, 0.3) is 0 Å². The van der Waals surface area contributed by atoms with Crippen LogP contribution in [-0.4, -0.2) is 23.8 Å². The Labute approximate surface area is 61.6 Å². The van der Waals surface area contributed by atoms with E-state index >= 15 is 0 Å². The van der Waals surface area contributed by atoms with E-state index in [0.717, 1.165) is 31.3 Å². The van der Waals surface area contributed by atoms with Gasteiger partial charge in [0.1, 0.15) is 0 Å². The van der Waals surface area contributed by atoms with Crippen molar-refractivity contribution in [1.29, 1.82) is 0 Å². The maximum Gasteiger partial charge on any atom is 0.0897 e. The van der Waals surface area contributed by atoms with Crippen LogP contribution < -0.4 is 5.32 Å².